The maximum Gasteiger partial charge on any atom is 0.263 e. The molecule has 0 bridgehead atoms. The number of nitrogens with one attached hydrogen (secondary N) is 2. The van der Waals surface area contributed by atoms with Gasteiger partial charge in [0.1, 0.15) is 12.1 Å². The van der Waals surface area contributed by atoms with Crippen LogP contribution in [0, 0.1) is 0 Å². The number of anilines is 2. The fourth-order valence-corrected chi connectivity index (χ4v) is 3.82. The van der Waals surface area contributed by atoms with Crippen LogP contribution in [0.4, 0.5) is 11.5 Å². The number of hydrogen-bond acceptors (Lipinski definition) is 6. The van der Waals surface area contributed by atoms with Crippen LogP contribution in [-0.2, 0) is 21.2 Å². The molecule has 10 heteroatoms. The van der Waals surface area contributed by atoms with Crippen LogP contribution in [0.25, 0.3) is 0 Å². The number of aromatic nitrogens is 2. The van der Waals surface area contributed by atoms with Gasteiger partial charge in [0.15, 0.2) is 0 Å². The molecule has 0 atom stereocenters. The average molecular weight is 447 g/mol. The Hall–Kier alpha value is -3.17. The smallest absolute Gasteiger partial charge is 0.263 e. The molecule has 0 aliphatic heterocycles. The van der Waals surface area contributed by atoms with E-state index in [0.717, 1.165) is 5.56 Å². The summed E-state index contributed by atoms with van der Waals surface area (Å²) < 4.78 is 32.3. The van der Waals surface area contributed by atoms with Crippen molar-refractivity contribution < 1.29 is 17.9 Å². The zero-order valence-electron chi connectivity index (χ0n) is 16.0. The lowest BCUT2D eigenvalue weighted by atomic mass is 10.1. The van der Waals surface area contributed by atoms with E-state index in [1.54, 1.807) is 6.07 Å². The average Bonchev–Trinajstić information content (AvgIpc) is 2.73. The Balaban J connectivity index is 1.61. The monoisotopic (exact) mass is 446 g/mol. The van der Waals surface area contributed by atoms with Gasteiger partial charge in [0.2, 0.25) is 11.8 Å². The van der Waals surface area contributed by atoms with Crippen molar-refractivity contribution in [2.45, 2.75) is 17.7 Å². The first-order valence-electron chi connectivity index (χ1n) is 8.89. The highest BCUT2D eigenvalue weighted by Crippen LogP contribution is 2.20. The second kappa shape index (κ2) is 9.55. The third-order valence-electron chi connectivity index (χ3n) is 4.12. The molecule has 156 valence electrons. The van der Waals surface area contributed by atoms with Crippen molar-refractivity contribution in [3.05, 3.63) is 71.5 Å². The van der Waals surface area contributed by atoms with Gasteiger partial charge < -0.3 is 10.1 Å². The normalized spacial score (nSPS) is 11.0. The van der Waals surface area contributed by atoms with Gasteiger partial charge in [-0.05, 0) is 42.3 Å². The minimum absolute atomic E-state index is 0.0224. The van der Waals surface area contributed by atoms with Gasteiger partial charge in [-0.25, -0.2) is 18.4 Å². The van der Waals surface area contributed by atoms with E-state index in [1.807, 2.05) is 18.2 Å². The summed E-state index contributed by atoms with van der Waals surface area (Å²) in [6.45, 7) is 0. The van der Waals surface area contributed by atoms with Crippen molar-refractivity contribution in [1.82, 2.24) is 9.97 Å². The fraction of sp³-hybridized carbons (Fsp3) is 0.150. The summed E-state index contributed by atoms with van der Waals surface area (Å²) in [6.07, 6.45) is 1.95. The Morgan fingerprint density at radius 1 is 1.10 bits per heavy atom. The number of aryl methyl sites for hydroxylation is 1. The molecule has 3 aromatic rings. The van der Waals surface area contributed by atoms with Crippen LogP contribution in [0.5, 0.6) is 5.88 Å². The van der Waals surface area contributed by atoms with Gasteiger partial charge in [-0.2, -0.15) is 0 Å². The Morgan fingerprint density at radius 3 is 2.53 bits per heavy atom. The number of ether oxygens (including phenoxy) is 1. The summed E-state index contributed by atoms with van der Waals surface area (Å²) >= 11 is 6.09. The zero-order chi connectivity index (χ0) is 21.6. The summed E-state index contributed by atoms with van der Waals surface area (Å²) in [5.41, 5.74) is 1.38. The van der Waals surface area contributed by atoms with Gasteiger partial charge >= 0.3 is 0 Å². The maximum absolute atomic E-state index is 12.5. The third kappa shape index (κ3) is 5.68. The fourth-order valence-electron chi connectivity index (χ4n) is 2.59. The molecular formula is C20H19ClN4O4S. The number of benzene rings is 2. The van der Waals surface area contributed by atoms with E-state index in [0.29, 0.717) is 17.1 Å². The van der Waals surface area contributed by atoms with Crippen molar-refractivity contribution in [2.24, 2.45) is 0 Å². The molecule has 0 saturated carbocycles. The zero-order valence-corrected chi connectivity index (χ0v) is 17.6. The predicted molar refractivity (Wildman–Crippen MR) is 114 cm³/mol. The number of sulfonamides is 1. The van der Waals surface area contributed by atoms with Crippen LogP contribution < -0.4 is 14.8 Å². The highest BCUT2D eigenvalue weighted by molar-refractivity contribution is 7.92. The molecule has 0 aliphatic rings. The standard InChI is InChI=1S/C20H19ClN4O4S/c1-29-20-12-18(22-13-23-20)25-30(27,28)16-9-7-15(8-10-16)24-19(26)11-6-14-4-2-3-5-17(14)21/h2-5,7-10,12-13H,6,11H2,1H3,(H,24,26)(H,22,23,25). The highest BCUT2D eigenvalue weighted by Gasteiger charge is 2.16. The second-order valence-electron chi connectivity index (χ2n) is 6.22. The van der Waals surface area contributed by atoms with Crippen molar-refractivity contribution in [3.63, 3.8) is 0 Å². The Kier molecular flexibility index (Phi) is 6.86. The number of hydrogen-bond donors (Lipinski definition) is 2. The summed E-state index contributed by atoms with van der Waals surface area (Å²) in [5, 5.41) is 3.36. The van der Waals surface area contributed by atoms with Crippen molar-refractivity contribution in [1.29, 1.82) is 0 Å². The molecule has 2 N–H and O–H groups in total. The van der Waals surface area contributed by atoms with E-state index >= 15 is 0 Å². The van der Waals surface area contributed by atoms with Crippen LogP contribution >= 0.6 is 11.6 Å². The van der Waals surface area contributed by atoms with Crippen molar-refractivity contribution >= 4 is 39.0 Å². The molecule has 1 amide bonds. The Bertz CT molecular complexity index is 1140. The first kappa shape index (κ1) is 21.5. The van der Waals surface area contributed by atoms with E-state index in [2.05, 4.69) is 20.0 Å². The number of carbonyl (C=O) groups excluding carboxylic acids is 1. The van der Waals surface area contributed by atoms with E-state index in [4.69, 9.17) is 16.3 Å². The SMILES string of the molecule is COc1cc(NS(=O)(=O)c2ccc(NC(=O)CCc3ccccc3Cl)cc2)ncn1. The van der Waals surface area contributed by atoms with Gasteiger partial charge in [0.05, 0.1) is 12.0 Å². The molecule has 2 aromatic carbocycles. The van der Waals surface area contributed by atoms with E-state index in [9.17, 15) is 13.2 Å². The Labute approximate surface area is 179 Å². The lowest BCUT2D eigenvalue weighted by Gasteiger charge is -2.10. The molecule has 1 aromatic heterocycles. The van der Waals surface area contributed by atoms with Crippen molar-refractivity contribution in [3.8, 4) is 5.88 Å². The molecule has 0 aliphatic carbocycles. The summed E-state index contributed by atoms with van der Waals surface area (Å²) in [6, 6.07) is 14.5. The minimum Gasteiger partial charge on any atom is -0.481 e. The van der Waals surface area contributed by atoms with E-state index < -0.39 is 10.0 Å². The Morgan fingerprint density at radius 2 is 1.83 bits per heavy atom. The van der Waals surface area contributed by atoms with Crippen LogP contribution in [0.3, 0.4) is 0 Å². The van der Waals surface area contributed by atoms with Gasteiger partial charge in [-0.15, -0.1) is 0 Å². The first-order chi connectivity index (χ1) is 14.4. The minimum atomic E-state index is -3.86. The number of carbonyl (C=O) groups is 1. The largest absolute Gasteiger partial charge is 0.481 e. The number of amides is 1. The molecule has 0 unspecified atom stereocenters. The molecule has 0 fully saturated rings. The van der Waals surface area contributed by atoms with Gasteiger partial charge in [0, 0.05) is 23.2 Å². The summed E-state index contributed by atoms with van der Waals surface area (Å²) in [5.74, 6) is 0.119. The van der Waals surface area contributed by atoms with Crippen molar-refractivity contribution in [2.75, 3.05) is 17.1 Å². The summed E-state index contributed by atoms with van der Waals surface area (Å²) in [4.78, 5) is 19.9. The molecule has 8 nitrogen and oxygen atoms in total. The van der Waals surface area contributed by atoms with Crippen LogP contribution in [-0.4, -0.2) is 31.4 Å². The molecule has 0 saturated heterocycles. The van der Waals surface area contributed by atoms with E-state index in [1.165, 1.54) is 43.8 Å². The van der Waals surface area contributed by atoms with Gasteiger partial charge in [-0.1, -0.05) is 29.8 Å². The molecule has 1 heterocycles. The lowest BCUT2D eigenvalue weighted by Crippen LogP contribution is -2.15. The van der Waals surface area contributed by atoms with Crippen LogP contribution in [0.15, 0.2) is 65.8 Å². The molecule has 0 spiro atoms. The van der Waals surface area contributed by atoms with Gasteiger partial charge in [-0.3, -0.25) is 9.52 Å². The van der Waals surface area contributed by atoms with Crippen LogP contribution in [0.1, 0.15) is 12.0 Å². The second-order valence-corrected chi connectivity index (χ2v) is 8.30. The maximum atomic E-state index is 12.5. The van der Waals surface area contributed by atoms with Gasteiger partial charge in [0.25, 0.3) is 10.0 Å². The topological polar surface area (TPSA) is 110 Å². The van der Waals surface area contributed by atoms with Crippen LogP contribution in [0.2, 0.25) is 5.02 Å². The predicted octanol–water partition coefficient (Wildman–Crippen LogP) is 3.51. The molecule has 3 rings (SSSR count). The number of methoxy groups -OCH3 is 1. The number of rotatable bonds is 8. The number of nitrogens with zero attached hydrogens (tertiary/aromatic N) is 2. The summed E-state index contributed by atoms with van der Waals surface area (Å²) in [7, 11) is -2.44. The lowest BCUT2D eigenvalue weighted by molar-refractivity contribution is -0.116. The third-order valence-corrected chi connectivity index (χ3v) is 5.86. The molecule has 0 radical (unpaired) electrons. The first-order valence-corrected chi connectivity index (χ1v) is 10.8. The van der Waals surface area contributed by atoms with E-state index in [-0.39, 0.29) is 28.9 Å². The number of halogens is 1. The molecular weight excluding hydrogens is 428 g/mol. The molecule has 30 heavy (non-hydrogen) atoms. The highest BCUT2D eigenvalue weighted by atomic mass is 35.5. The quantitative estimate of drug-likeness (QED) is 0.547.